The molecule has 1 rings (SSSR count). The molecular formula is C14H23NO6S. The number of hydrogen-bond donors (Lipinski definition) is 1. The van der Waals surface area contributed by atoms with Crippen LogP contribution in [0.4, 0.5) is 0 Å². The number of rotatable bonds is 5. The highest BCUT2D eigenvalue weighted by atomic mass is 32.2. The lowest BCUT2D eigenvalue weighted by atomic mass is 10.1. The maximum absolute atomic E-state index is 12.2. The van der Waals surface area contributed by atoms with E-state index in [4.69, 9.17) is 14.2 Å². The third-order valence-electron chi connectivity index (χ3n) is 2.70. The quantitative estimate of drug-likeness (QED) is 0.759. The molecule has 1 heterocycles. The Kier molecular flexibility index (Phi) is 5.75. The van der Waals surface area contributed by atoms with Gasteiger partial charge in [-0.3, -0.25) is 4.79 Å². The summed E-state index contributed by atoms with van der Waals surface area (Å²) in [5.41, 5.74) is 0. The first-order chi connectivity index (χ1) is 9.94. The number of ether oxygens (including phenoxy) is 3. The minimum Gasteiger partial charge on any atom is -0.468 e. The number of nitrogens with one attached hydrogen (secondary N) is 1. The Hall–Kier alpha value is -1.41. The zero-order valence-corrected chi connectivity index (χ0v) is 14.5. The molecule has 0 aromatic rings. The van der Waals surface area contributed by atoms with Gasteiger partial charge in [0.1, 0.15) is 11.8 Å². The second-order valence-electron chi connectivity index (χ2n) is 6.31. The molecule has 22 heavy (non-hydrogen) atoms. The van der Waals surface area contributed by atoms with Crippen molar-refractivity contribution in [3.63, 3.8) is 0 Å². The van der Waals surface area contributed by atoms with Gasteiger partial charge >= 0.3 is 11.9 Å². The second-order valence-corrected chi connectivity index (χ2v) is 8.31. The Bertz CT molecular complexity index is 506. The third kappa shape index (κ3) is 5.42. The van der Waals surface area contributed by atoms with Crippen LogP contribution < -0.4 is 4.72 Å². The monoisotopic (exact) mass is 333 g/mol. The van der Waals surface area contributed by atoms with Crippen molar-refractivity contribution in [2.45, 2.75) is 57.6 Å². The molecule has 7 nitrogen and oxygen atoms in total. The topological polar surface area (TPSA) is 90.9 Å². The van der Waals surface area contributed by atoms with Gasteiger partial charge in [-0.25, -0.2) is 13.7 Å². The maximum atomic E-state index is 12.2. The van der Waals surface area contributed by atoms with Crippen molar-refractivity contribution in [1.82, 2.24) is 4.72 Å². The number of methoxy groups -OCH3 is 1. The zero-order chi connectivity index (χ0) is 17.1. The second kappa shape index (κ2) is 6.78. The molecule has 2 atom stereocenters. The van der Waals surface area contributed by atoms with Crippen LogP contribution in [-0.2, 0) is 34.8 Å². The number of carbonyl (C=O) groups is 2. The summed E-state index contributed by atoms with van der Waals surface area (Å²) in [6.07, 6.45) is 1.20. The SMILES string of the molecule is COC(=O)[C@@H](CC1=CC(=O)OC(C)(C)O1)N[S@](=O)C(C)(C)C. The van der Waals surface area contributed by atoms with Gasteiger partial charge < -0.3 is 14.2 Å². The van der Waals surface area contributed by atoms with Crippen molar-refractivity contribution in [1.29, 1.82) is 0 Å². The minimum absolute atomic E-state index is 0.0347. The predicted octanol–water partition coefficient (Wildman–Crippen LogP) is 1.16. The van der Waals surface area contributed by atoms with Crippen LogP contribution in [0.15, 0.2) is 11.8 Å². The normalized spacial score (nSPS) is 20.3. The van der Waals surface area contributed by atoms with Crippen molar-refractivity contribution < 1.29 is 28.0 Å². The lowest BCUT2D eigenvalue weighted by Crippen LogP contribution is -2.45. The Morgan fingerprint density at radius 2 is 2.00 bits per heavy atom. The molecule has 8 heteroatoms. The molecule has 0 radical (unpaired) electrons. The van der Waals surface area contributed by atoms with E-state index in [1.54, 1.807) is 34.6 Å². The molecule has 0 spiro atoms. The lowest BCUT2D eigenvalue weighted by Gasteiger charge is -2.32. The first-order valence-electron chi connectivity index (χ1n) is 6.83. The highest BCUT2D eigenvalue weighted by Crippen LogP contribution is 2.25. The Balaban J connectivity index is 2.89. The van der Waals surface area contributed by atoms with E-state index in [0.29, 0.717) is 0 Å². The van der Waals surface area contributed by atoms with E-state index >= 15 is 0 Å². The summed E-state index contributed by atoms with van der Waals surface area (Å²) in [4.78, 5) is 23.4. The van der Waals surface area contributed by atoms with Crippen molar-refractivity contribution >= 4 is 22.9 Å². The first-order valence-corrected chi connectivity index (χ1v) is 7.98. The van der Waals surface area contributed by atoms with E-state index in [-0.39, 0.29) is 12.2 Å². The van der Waals surface area contributed by atoms with Gasteiger partial charge in [-0.1, -0.05) is 0 Å². The highest BCUT2D eigenvalue weighted by molar-refractivity contribution is 7.84. The molecule has 0 amide bonds. The van der Waals surface area contributed by atoms with Crippen LogP contribution in [-0.4, -0.2) is 39.8 Å². The molecule has 0 saturated carbocycles. The van der Waals surface area contributed by atoms with Crippen LogP contribution in [0.25, 0.3) is 0 Å². The fraction of sp³-hybridized carbons (Fsp3) is 0.714. The van der Waals surface area contributed by atoms with E-state index in [1.165, 1.54) is 13.2 Å². The van der Waals surface area contributed by atoms with Gasteiger partial charge in [0.25, 0.3) is 0 Å². The summed E-state index contributed by atoms with van der Waals surface area (Å²) in [6, 6.07) is -0.891. The van der Waals surface area contributed by atoms with E-state index < -0.39 is 39.5 Å². The zero-order valence-electron chi connectivity index (χ0n) is 13.7. The molecule has 0 aromatic carbocycles. The van der Waals surface area contributed by atoms with Crippen LogP contribution in [0.5, 0.6) is 0 Å². The maximum Gasteiger partial charge on any atom is 0.337 e. The van der Waals surface area contributed by atoms with Gasteiger partial charge in [-0.05, 0) is 20.8 Å². The van der Waals surface area contributed by atoms with Gasteiger partial charge in [0.05, 0.1) is 28.9 Å². The molecule has 0 saturated heterocycles. The molecule has 0 unspecified atom stereocenters. The summed E-state index contributed by atoms with van der Waals surface area (Å²) in [7, 11) is -0.230. The Labute approximate surface area is 133 Å². The average Bonchev–Trinajstić information content (AvgIpc) is 2.33. The standard InChI is InChI=1S/C14H23NO6S/c1-13(2,3)22(18)15-10(12(17)19-6)7-9-8-11(16)21-14(4,5)20-9/h8,10,15H,7H2,1-6H3/t10-,22-/m1/s1. The fourth-order valence-electron chi connectivity index (χ4n) is 1.69. The molecule has 0 bridgehead atoms. The predicted molar refractivity (Wildman–Crippen MR) is 80.8 cm³/mol. The van der Waals surface area contributed by atoms with Crippen LogP contribution in [0.2, 0.25) is 0 Å². The number of carbonyl (C=O) groups excluding carboxylic acids is 2. The summed E-state index contributed by atoms with van der Waals surface area (Å²) >= 11 is 0. The third-order valence-corrected chi connectivity index (χ3v) is 4.31. The van der Waals surface area contributed by atoms with Crippen LogP contribution in [0.3, 0.4) is 0 Å². The highest BCUT2D eigenvalue weighted by Gasteiger charge is 2.34. The number of esters is 2. The summed E-state index contributed by atoms with van der Waals surface area (Å²) in [6.45, 7) is 8.52. The molecule has 0 aliphatic carbocycles. The molecule has 1 aliphatic heterocycles. The molecule has 0 fully saturated rings. The van der Waals surface area contributed by atoms with Crippen molar-refractivity contribution in [2.75, 3.05) is 7.11 Å². The van der Waals surface area contributed by atoms with Gasteiger partial charge in [-0.15, -0.1) is 0 Å². The Morgan fingerprint density at radius 1 is 1.41 bits per heavy atom. The fourth-order valence-corrected chi connectivity index (χ4v) is 2.48. The van der Waals surface area contributed by atoms with Crippen LogP contribution in [0, 0.1) is 0 Å². The largest absolute Gasteiger partial charge is 0.468 e. The molecule has 1 N–H and O–H groups in total. The van der Waals surface area contributed by atoms with Crippen molar-refractivity contribution in [3.05, 3.63) is 11.8 Å². The van der Waals surface area contributed by atoms with E-state index in [2.05, 4.69) is 4.72 Å². The lowest BCUT2D eigenvalue weighted by molar-refractivity contribution is -0.206. The Morgan fingerprint density at radius 3 is 2.45 bits per heavy atom. The van der Waals surface area contributed by atoms with Crippen LogP contribution >= 0.6 is 0 Å². The van der Waals surface area contributed by atoms with Gasteiger partial charge in [0, 0.05) is 20.3 Å². The van der Waals surface area contributed by atoms with E-state index in [9.17, 15) is 13.8 Å². The van der Waals surface area contributed by atoms with Crippen molar-refractivity contribution in [2.24, 2.45) is 0 Å². The van der Waals surface area contributed by atoms with Gasteiger partial charge in [0.15, 0.2) is 0 Å². The summed E-state index contributed by atoms with van der Waals surface area (Å²) in [5, 5.41) is 0. The number of hydrogen-bond acceptors (Lipinski definition) is 6. The minimum atomic E-state index is -1.47. The van der Waals surface area contributed by atoms with Crippen molar-refractivity contribution in [3.8, 4) is 0 Å². The first kappa shape index (κ1) is 18.6. The van der Waals surface area contributed by atoms with Gasteiger partial charge in [0.2, 0.25) is 5.79 Å². The van der Waals surface area contributed by atoms with Crippen LogP contribution in [0.1, 0.15) is 41.0 Å². The smallest absolute Gasteiger partial charge is 0.337 e. The molecule has 126 valence electrons. The number of cyclic esters (lactones) is 1. The van der Waals surface area contributed by atoms with E-state index in [1.807, 2.05) is 0 Å². The van der Waals surface area contributed by atoms with E-state index in [0.717, 1.165) is 0 Å². The average molecular weight is 333 g/mol. The molecular weight excluding hydrogens is 310 g/mol. The molecule has 1 aliphatic rings. The molecule has 0 aromatic heterocycles. The summed E-state index contributed by atoms with van der Waals surface area (Å²) < 4.78 is 29.5. The van der Waals surface area contributed by atoms with Gasteiger partial charge in [-0.2, -0.15) is 0 Å². The summed E-state index contributed by atoms with van der Waals surface area (Å²) in [5.74, 6) is -1.97.